The van der Waals surface area contributed by atoms with Crippen LogP contribution in [0.25, 0.3) is 33.9 Å². The van der Waals surface area contributed by atoms with E-state index in [0.717, 1.165) is 11.1 Å². The molecule has 0 aliphatic heterocycles. The van der Waals surface area contributed by atoms with Crippen molar-refractivity contribution in [2.45, 2.75) is 99.9 Å². The van der Waals surface area contributed by atoms with Crippen LogP contribution in [0.15, 0.2) is 49.1 Å². The molecular formula is C42H60N10O6. The molecule has 0 saturated carbocycles. The molecule has 0 aliphatic carbocycles. The lowest BCUT2D eigenvalue weighted by Crippen LogP contribution is -2.58. The molecule has 3 atom stereocenters. The second-order valence-electron chi connectivity index (χ2n) is 18.3. The number of hydrogen-bond donors (Lipinski definition) is 4. The molecule has 16 heteroatoms. The molecule has 2 unspecified atom stereocenters. The molecule has 4 rings (SSSR count). The van der Waals surface area contributed by atoms with Gasteiger partial charge >= 0.3 is 12.2 Å². The number of carbonyl (C=O) groups excluding carboxylic acids is 4. The van der Waals surface area contributed by atoms with Crippen LogP contribution in [0, 0.1) is 16.2 Å². The number of imidazole rings is 2. The molecule has 4 N–H and O–H groups in total. The van der Waals surface area contributed by atoms with Crippen LogP contribution in [0.4, 0.5) is 9.59 Å². The lowest BCUT2D eigenvalue weighted by atomic mass is 9.76. The Hall–Kier alpha value is -5.80. The van der Waals surface area contributed by atoms with E-state index in [1.54, 1.807) is 66.8 Å². The zero-order valence-corrected chi connectivity index (χ0v) is 36.5. The molecule has 16 nitrogen and oxygen atoms in total. The smallest absolute Gasteiger partial charge is 0.410 e. The van der Waals surface area contributed by atoms with Gasteiger partial charge in [-0.15, -0.1) is 0 Å². The van der Waals surface area contributed by atoms with Gasteiger partial charge < -0.3 is 39.9 Å². The topological polar surface area (TPSA) is 200 Å². The van der Waals surface area contributed by atoms with Gasteiger partial charge in [0.2, 0.25) is 0 Å². The lowest BCUT2D eigenvalue weighted by molar-refractivity contribution is -0.152. The van der Waals surface area contributed by atoms with Gasteiger partial charge in [-0.1, -0.05) is 86.6 Å². The van der Waals surface area contributed by atoms with E-state index in [2.05, 4.69) is 35.6 Å². The SMILES string of the molecule is CN(C)C(=O)OC(C)(C(=O)NCc1nc(-c2cnc(-c3ccc(-c4c[nH]c(C(NC(=O)[C@](C)(OC(=O)N(C)C)C(C)(C)C)C(C)(C)C)n4)cc3)cn2)c[nH]1)C(C)(C)C. The molecule has 314 valence electrons. The first-order valence-corrected chi connectivity index (χ1v) is 19.1. The maximum atomic E-state index is 13.9. The van der Waals surface area contributed by atoms with E-state index in [1.807, 2.05) is 86.6 Å². The van der Waals surface area contributed by atoms with Crippen LogP contribution < -0.4 is 10.6 Å². The van der Waals surface area contributed by atoms with Gasteiger partial charge in [0.1, 0.15) is 23.0 Å². The van der Waals surface area contributed by atoms with Gasteiger partial charge in [-0.25, -0.2) is 19.6 Å². The van der Waals surface area contributed by atoms with Crippen molar-refractivity contribution in [1.82, 2.24) is 50.3 Å². The van der Waals surface area contributed by atoms with Gasteiger partial charge in [-0.2, -0.15) is 0 Å². The van der Waals surface area contributed by atoms with E-state index >= 15 is 0 Å². The van der Waals surface area contributed by atoms with Crippen molar-refractivity contribution in [2.75, 3.05) is 28.2 Å². The molecule has 0 spiro atoms. The third-order valence-corrected chi connectivity index (χ3v) is 10.5. The van der Waals surface area contributed by atoms with Crippen LogP contribution in [0.1, 0.15) is 93.9 Å². The zero-order chi connectivity index (χ0) is 43.6. The van der Waals surface area contributed by atoms with Crippen molar-refractivity contribution in [2.24, 2.45) is 16.2 Å². The van der Waals surface area contributed by atoms with Gasteiger partial charge in [0.15, 0.2) is 11.2 Å². The van der Waals surface area contributed by atoms with Crippen molar-refractivity contribution in [3.8, 4) is 33.9 Å². The quantitative estimate of drug-likeness (QED) is 0.126. The monoisotopic (exact) mass is 800 g/mol. The molecule has 58 heavy (non-hydrogen) atoms. The van der Waals surface area contributed by atoms with Gasteiger partial charge in [-0.05, 0) is 19.3 Å². The molecule has 3 aromatic heterocycles. The average molecular weight is 801 g/mol. The Labute approximate surface area is 341 Å². The number of rotatable bonds is 11. The standard InChI is InChI=1S/C42H60N10O6/c1-38(2,3)32(50-35(54)42(11,40(7,8)9)58-37(56)52(14)15)33-46-21-28(49-33)26-18-16-25(17-19-26)27-20-44-29(22-43-27)30-23-45-31(48-30)24-47-34(53)41(10,39(4,5)6)57-36(55)51(12)13/h16-23,32H,24H2,1-15H3,(H,45,48)(H,46,49)(H,47,53)(H,50,54)/t32?,41?,42-/m0/s1. The number of aromatic nitrogens is 6. The van der Waals surface area contributed by atoms with E-state index in [9.17, 15) is 19.2 Å². The molecular weight excluding hydrogens is 741 g/mol. The second-order valence-corrected chi connectivity index (χ2v) is 18.3. The Morgan fingerprint density at radius 2 is 1.10 bits per heavy atom. The third kappa shape index (κ3) is 9.83. The maximum Gasteiger partial charge on any atom is 0.410 e. The first kappa shape index (κ1) is 44.9. The largest absolute Gasteiger partial charge is 0.432 e. The fraction of sp³-hybridized carbons (Fsp3) is 0.524. The summed E-state index contributed by atoms with van der Waals surface area (Å²) in [5.41, 5.74) is -0.620. The summed E-state index contributed by atoms with van der Waals surface area (Å²) in [4.78, 5) is 79.7. The minimum absolute atomic E-state index is 0.0791. The van der Waals surface area contributed by atoms with Crippen LogP contribution >= 0.6 is 0 Å². The van der Waals surface area contributed by atoms with Crippen molar-refractivity contribution in [1.29, 1.82) is 0 Å². The van der Waals surface area contributed by atoms with E-state index in [0.29, 0.717) is 34.4 Å². The van der Waals surface area contributed by atoms with Crippen LogP contribution in [-0.4, -0.2) is 103 Å². The minimum Gasteiger partial charge on any atom is -0.432 e. The minimum atomic E-state index is -1.47. The molecule has 4 amide bonds. The van der Waals surface area contributed by atoms with E-state index in [1.165, 1.54) is 9.80 Å². The Kier molecular flexibility index (Phi) is 12.8. The highest BCUT2D eigenvalue weighted by Gasteiger charge is 2.50. The van der Waals surface area contributed by atoms with Gasteiger partial charge in [0.05, 0.1) is 36.4 Å². The second kappa shape index (κ2) is 16.6. The normalized spacial score (nSPS) is 14.7. The van der Waals surface area contributed by atoms with Gasteiger partial charge in [-0.3, -0.25) is 19.6 Å². The van der Waals surface area contributed by atoms with Crippen molar-refractivity contribution in [3.05, 3.63) is 60.7 Å². The number of amides is 4. The zero-order valence-electron chi connectivity index (χ0n) is 36.5. The van der Waals surface area contributed by atoms with Crippen molar-refractivity contribution < 1.29 is 28.7 Å². The number of nitrogens with zero attached hydrogens (tertiary/aromatic N) is 6. The summed E-state index contributed by atoms with van der Waals surface area (Å²) < 4.78 is 11.4. The first-order valence-electron chi connectivity index (χ1n) is 19.1. The van der Waals surface area contributed by atoms with Crippen LogP contribution in [-0.2, 0) is 25.6 Å². The summed E-state index contributed by atoms with van der Waals surface area (Å²) >= 11 is 0. The van der Waals surface area contributed by atoms with E-state index < -0.39 is 57.5 Å². The number of aromatic amines is 2. The summed E-state index contributed by atoms with van der Waals surface area (Å²) in [6, 6.07) is 7.21. The number of carbonyl (C=O) groups is 4. The van der Waals surface area contributed by atoms with Gasteiger partial charge in [0, 0.05) is 62.5 Å². The molecule has 4 aromatic rings. The summed E-state index contributed by atoms with van der Waals surface area (Å²) in [6.07, 6.45) is 5.56. The number of benzene rings is 1. The number of hydrogen-bond acceptors (Lipinski definition) is 10. The molecule has 0 aliphatic rings. The summed E-state index contributed by atoms with van der Waals surface area (Å²) in [7, 11) is 6.27. The highest BCUT2D eigenvalue weighted by Crippen LogP contribution is 2.38. The van der Waals surface area contributed by atoms with E-state index in [-0.39, 0.29) is 6.54 Å². The molecule has 3 heterocycles. The van der Waals surface area contributed by atoms with Crippen molar-refractivity contribution in [3.63, 3.8) is 0 Å². The predicted octanol–water partition coefficient (Wildman–Crippen LogP) is 6.75. The Balaban J connectivity index is 1.45. The first-order chi connectivity index (χ1) is 26.7. The fourth-order valence-electron chi connectivity index (χ4n) is 5.55. The Morgan fingerprint density at radius 3 is 1.57 bits per heavy atom. The number of nitrogens with one attached hydrogen (secondary N) is 4. The highest BCUT2D eigenvalue weighted by molar-refractivity contribution is 5.89. The highest BCUT2D eigenvalue weighted by atomic mass is 16.6. The Bertz CT molecular complexity index is 2090. The molecule has 0 radical (unpaired) electrons. The molecule has 1 aromatic carbocycles. The fourth-order valence-corrected chi connectivity index (χ4v) is 5.55. The predicted molar refractivity (Wildman–Crippen MR) is 221 cm³/mol. The summed E-state index contributed by atoms with van der Waals surface area (Å²) in [5.74, 6) is 0.187. The summed E-state index contributed by atoms with van der Waals surface area (Å²) in [5, 5.41) is 5.96. The number of ether oxygens (including phenoxy) is 2. The van der Waals surface area contributed by atoms with Crippen LogP contribution in [0.2, 0.25) is 0 Å². The van der Waals surface area contributed by atoms with Crippen LogP contribution in [0.5, 0.6) is 0 Å². The molecule has 0 fully saturated rings. The van der Waals surface area contributed by atoms with Gasteiger partial charge in [0.25, 0.3) is 11.8 Å². The third-order valence-electron chi connectivity index (χ3n) is 10.5. The Morgan fingerprint density at radius 1 is 0.638 bits per heavy atom. The number of H-pyrrole nitrogens is 2. The average Bonchev–Trinajstić information content (AvgIpc) is 3.82. The molecule has 0 saturated heterocycles. The van der Waals surface area contributed by atoms with E-state index in [4.69, 9.17) is 14.5 Å². The lowest BCUT2D eigenvalue weighted by Gasteiger charge is -2.42. The van der Waals surface area contributed by atoms with Crippen LogP contribution in [0.3, 0.4) is 0 Å². The maximum absolute atomic E-state index is 13.9. The summed E-state index contributed by atoms with van der Waals surface area (Å²) in [6.45, 7) is 20.4. The molecule has 0 bridgehead atoms. The van der Waals surface area contributed by atoms with Crippen molar-refractivity contribution >= 4 is 24.0 Å².